The number of thiazole rings is 1. The molecule has 18 nitrogen and oxygen atoms in total. The first-order valence-corrected chi connectivity index (χ1v) is 29.7. The minimum absolute atomic E-state index is 0.0904. The number of nitrogens with two attached hydrogens (primary N) is 1. The van der Waals surface area contributed by atoms with Crippen LogP contribution in [0.1, 0.15) is 121 Å². The molecule has 5 aliphatic rings. The van der Waals surface area contributed by atoms with Gasteiger partial charge in [0.15, 0.2) is 17.4 Å². The number of ether oxygens (including phenoxy) is 1. The monoisotopic (exact) mass is 1090 g/mol. The number of rotatable bonds is 17. The second kappa shape index (κ2) is 23.8. The number of likely N-dealkylation sites (tertiary alicyclic amines) is 3. The van der Waals surface area contributed by atoms with Crippen LogP contribution in [-0.2, 0) is 14.3 Å². The topological polar surface area (TPSA) is 217 Å². The maximum Gasteiger partial charge on any atom is 0.243 e. The molecule has 0 spiro atoms. The van der Waals surface area contributed by atoms with Crippen LogP contribution in [0.4, 0.5) is 11.6 Å². The van der Waals surface area contributed by atoms with Crippen LogP contribution in [0.5, 0.6) is 5.75 Å². The summed E-state index contributed by atoms with van der Waals surface area (Å²) in [5.74, 6) is 1.59. The fraction of sp³-hybridized carbons (Fsp3) is 0.550. The van der Waals surface area contributed by atoms with Crippen LogP contribution in [0, 0.1) is 24.7 Å². The third-order valence-corrected chi connectivity index (χ3v) is 18.9. The molecule has 8 heterocycles. The minimum atomic E-state index is -0.797. The number of phenols is 1. The lowest BCUT2D eigenvalue weighted by atomic mass is 9.83. The van der Waals surface area contributed by atoms with Crippen molar-refractivity contribution in [2.45, 2.75) is 141 Å². The number of nitrogen functional groups attached to an aromatic ring is 1. The standard InChI is InChI=1S/C60H78N12O6S/c1-36(2)56(60(76)71-34-46(73)28-52(71)59(75)64-37(3)41-10-12-43(13-11-41)57-38(4)62-35-79-57)54-30-55(67-78-54)70-22-14-40(15-23-70)32-68-20-18-47(19-21-68)77-48-26-45(27-48)69-24-16-42(17-25-69)39(5)72-33-44(31-63-72)50-29-51(65-66-58(50)61)49-8-6-7-9-53(49)74/h6-13,29-31,33,35-37,39-40,42,45-48,52,56,73-74H,14-28,32,34H2,1-5H3,(H2,61,66)(H,64,75)/t37-,39?,45-,46+,48+,52-,56+/m0/s1. The maximum absolute atomic E-state index is 14.4. The molecule has 5 atom stereocenters. The van der Waals surface area contributed by atoms with Crippen molar-refractivity contribution in [3.63, 3.8) is 0 Å². The van der Waals surface area contributed by atoms with Crippen molar-refractivity contribution in [1.82, 2.24) is 50.1 Å². The van der Waals surface area contributed by atoms with E-state index in [4.69, 9.17) is 20.1 Å². The van der Waals surface area contributed by atoms with Gasteiger partial charge in [0, 0.05) is 80.7 Å². The van der Waals surface area contributed by atoms with Gasteiger partial charge in [-0.25, -0.2) is 4.98 Å². The molecule has 1 saturated carbocycles. The second-order valence-electron chi connectivity index (χ2n) is 23.5. The fourth-order valence-corrected chi connectivity index (χ4v) is 13.8. The number of aromatic nitrogens is 6. The van der Waals surface area contributed by atoms with Gasteiger partial charge >= 0.3 is 0 Å². The summed E-state index contributed by atoms with van der Waals surface area (Å²) in [6, 6.07) is 18.8. The predicted molar refractivity (Wildman–Crippen MR) is 305 cm³/mol. The molecule has 19 heteroatoms. The third kappa shape index (κ3) is 12.1. The Bertz CT molecular complexity index is 3020. The number of nitrogens with one attached hydrogen (secondary N) is 1. The fourth-order valence-electron chi connectivity index (χ4n) is 13.0. The van der Waals surface area contributed by atoms with Crippen LogP contribution in [0.2, 0.25) is 0 Å². The third-order valence-electron chi connectivity index (χ3n) is 17.9. The number of carbonyl (C=O) groups excluding carboxylic acids is 2. The summed E-state index contributed by atoms with van der Waals surface area (Å²) >= 11 is 1.60. The average Bonchev–Trinajstić information content (AvgIpc) is 4.36. The largest absolute Gasteiger partial charge is 0.507 e. The maximum atomic E-state index is 14.4. The highest BCUT2D eigenvalue weighted by Gasteiger charge is 2.44. The number of anilines is 2. The summed E-state index contributed by atoms with van der Waals surface area (Å²) in [4.78, 5) is 42.9. The lowest BCUT2D eigenvalue weighted by Gasteiger charge is -2.47. The average molecular weight is 1100 g/mol. The molecule has 79 heavy (non-hydrogen) atoms. The lowest BCUT2D eigenvalue weighted by molar-refractivity contribution is -0.141. The van der Waals surface area contributed by atoms with Crippen LogP contribution >= 0.6 is 11.3 Å². The van der Waals surface area contributed by atoms with Gasteiger partial charge < -0.3 is 50.1 Å². The Balaban J connectivity index is 0.586. The van der Waals surface area contributed by atoms with Crippen molar-refractivity contribution in [3.05, 3.63) is 95.6 Å². The molecule has 0 bridgehead atoms. The Labute approximate surface area is 467 Å². The summed E-state index contributed by atoms with van der Waals surface area (Å²) in [6.07, 6.45) is 12.8. The number of benzene rings is 2. The number of hydrogen-bond donors (Lipinski definition) is 4. The Morgan fingerprint density at radius 2 is 1.62 bits per heavy atom. The first kappa shape index (κ1) is 54.7. The molecule has 4 saturated heterocycles. The molecule has 420 valence electrons. The van der Waals surface area contributed by atoms with E-state index in [-0.39, 0.29) is 48.5 Å². The summed E-state index contributed by atoms with van der Waals surface area (Å²) in [6.45, 7) is 17.5. The van der Waals surface area contributed by atoms with Gasteiger partial charge in [0.05, 0.1) is 58.4 Å². The van der Waals surface area contributed by atoms with Gasteiger partial charge in [-0.1, -0.05) is 55.4 Å². The number of aromatic hydroxyl groups is 1. The highest BCUT2D eigenvalue weighted by molar-refractivity contribution is 7.13. The smallest absolute Gasteiger partial charge is 0.243 e. The zero-order chi connectivity index (χ0) is 54.9. The molecule has 4 aliphatic heterocycles. The van der Waals surface area contributed by atoms with Crippen molar-refractivity contribution in [1.29, 1.82) is 0 Å². The van der Waals surface area contributed by atoms with Gasteiger partial charge in [-0.3, -0.25) is 14.3 Å². The van der Waals surface area contributed by atoms with Crippen molar-refractivity contribution in [2.24, 2.45) is 17.8 Å². The van der Waals surface area contributed by atoms with Gasteiger partial charge in [0.25, 0.3) is 0 Å². The van der Waals surface area contributed by atoms with Crippen LogP contribution in [0.15, 0.2) is 83.1 Å². The number of piperidine rings is 3. The molecular formula is C60H78N12O6S. The summed E-state index contributed by atoms with van der Waals surface area (Å²) in [5.41, 5.74) is 14.0. The van der Waals surface area contributed by atoms with E-state index in [0.717, 1.165) is 136 Å². The minimum Gasteiger partial charge on any atom is -0.507 e. The quantitative estimate of drug-likeness (QED) is 0.0673. The molecule has 5 N–H and O–H groups in total. The van der Waals surface area contributed by atoms with Gasteiger partial charge in [-0.2, -0.15) is 5.10 Å². The highest BCUT2D eigenvalue weighted by atomic mass is 32.1. The van der Waals surface area contributed by atoms with Crippen molar-refractivity contribution >= 4 is 34.8 Å². The van der Waals surface area contributed by atoms with E-state index in [2.05, 4.69) is 58.2 Å². The molecule has 0 radical (unpaired) electrons. The van der Waals surface area contributed by atoms with Crippen molar-refractivity contribution in [2.75, 3.05) is 63.0 Å². The number of carbonyl (C=O) groups is 2. The van der Waals surface area contributed by atoms with Crippen molar-refractivity contribution in [3.8, 4) is 38.6 Å². The van der Waals surface area contributed by atoms with Crippen LogP contribution in [-0.4, -0.2) is 150 Å². The Morgan fingerprint density at radius 1 is 0.873 bits per heavy atom. The Kier molecular flexibility index (Phi) is 16.5. The molecule has 4 aromatic heterocycles. The summed E-state index contributed by atoms with van der Waals surface area (Å²) < 4.78 is 14.7. The number of aryl methyl sites for hydroxylation is 1. The van der Waals surface area contributed by atoms with Crippen LogP contribution in [0.25, 0.3) is 32.8 Å². The van der Waals surface area contributed by atoms with E-state index in [1.807, 2.05) is 87.9 Å². The lowest BCUT2D eigenvalue weighted by Crippen LogP contribution is -2.52. The molecule has 11 rings (SSSR count). The van der Waals surface area contributed by atoms with Crippen LogP contribution < -0.4 is 16.0 Å². The van der Waals surface area contributed by atoms with E-state index in [9.17, 15) is 19.8 Å². The Morgan fingerprint density at radius 3 is 2.33 bits per heavy atom. The molecule has 5 fully saturated rings. The Hall–Kier alpha value is -6.25. The first-order valence-electron chi connectivity index (χ1n) is 28.8. The second-order valence-corrected chi connectivity index (χ2v) is 24.4. The first-order chi connectivity index (χ1) is 38.2. The summed E-state index contributed by atoms with van der Waals surface area (Å²) in [7, 11) is 0. The van der Waals surface area contributed by atoms with Gasteiger partial charge in [-0.15, -0.1) is 21.5 Å². The number of nitrogens with zero attached hydrogens (tertiary/aromatic N) is 10. The predicted octanol–water partition coefficient (Wildman–Crippen LogP) is 8.50. The highest BCUT2D eigenvalue weighted by Crippen LogP contribution is 2.39. The zero-order valence-corrected chi connectivity index (χ0v) is 47.2. The molecular weight excluding hydrogens is 1020 g/mol. The van der Waals surface area contributed by atoms with Crippen LogP contribution in [0.3, 0.4) is 0 Å². The van der Waals surface area contributed by atoms with Gasteiger partial charge in [-0.05, 0) is 132 Å². The number of β-amino-alcohol motifs (C(OH)–C–C–N with tert-alkyl or cyclic N) is 1. The number of aliphatic hydroxyl groups is 1. The summed E-state index contributed by atoms with van der Waals surface area (Å²) in [5, 5.41) is 42.0. The van der Waals surface area contributed by atoms with E-state index in [1.54, 1.807) is 28.4 Å². The number of phenolic OH excluding ortho intramolecular Hbond substituents is 1. The van der Waals surface area contributed by atoms with E-state index in [0.29, 0.717) is 52.9 Å². The number of amides is 2. The number of hydrogen-bond acceptors (Lipinski definition) is 16. The van der Waals surface area contributed by atoms with Crippen molar-refractivity contribution < 1.29 is 29.1 Å². The van der Waals surface area contributed by atoms with Gasteiger partial charge in [0.1, 0.15) is 17.7 Å². The van der Waals surface area contributed by atoms with Gasteiger partial charge in [0.2, 0.25) is 11.8 Å². The number of para-hydroxylation sites is 1. The number of aliphatic hydroxyl groups excluding tert-OH is 1. The normalized spacial score (nSPS) is 23.2. The van der Waals surface area contributed by atoms with E-state index in [1.165, 1.54) is 0 Å². The molecule has 6 aromatic rings. The SMILES string of the molecule is Cc1ncsc1-c1ccc([C@H](C)NC(=O)[C@@H]2C[C@@H](O)CN2C(=O)[C@@H](c2cc(N3CCC(CN4CCC(O[C@H]5C[C@@H](N6CCC(C(C)n7cc(-c8cc(-c9ccccc9O)nnc8N)cn7)CC6)C5)CC4)CC3)no2)C(C)C)cc1. The molecule has 1 aliphatic carbocycles. The zero-order valence-electron chi connectivity index (χ0n) is 46.4. The molecule has 2 amide bonds. The van der Waals surface area contributed by atoms with E-state index < -0.39 is 18.1 Å². The molecule has 1 unspecified atom stereocenters. The van der Waals surface area contributed by atoms with E-state index >= 15 is 0 Å². The molecule has 2 aromatic carbocycles.